The van der Waals surface area contributed by atoms with E-state index in [-0.39, 0.29) is 19.6 Å². The van der Waals surface area contributed by atoms with Crippen molar-refractivity contribution in [3.63, 3.8) is 0 Å². The van der Waals surface area contributed by atoms with Crippen LogP contribution in [-0.4, -0.2) is 42.1 Å². The average Bonchev–Trinajstić information content (AvgIpc) is 2.43. The summed E-state index contributed by atoms with van der Waals surface area (Å²) in [5.74, 6) is 0.0447. The van der Waals surface area contributed by atoms with E-state index in [9.17, 15) is 9.90 Å². The topological polar surface area (TPSA) is 76.0 Å². The van der Waals surface area contributed by atoms with Gasteiger partial charge in [-0.2, -0.15) is 0 Å². The van der Waals surface area contributed by atoms with Crippen molar-refractivity contribution in [3.8, 4) is 5.75 Å². The van der Waals surface area contributed by atoms with Crippen LogP contribution in [0.25, 0.3) is 0 Å². The maximum Gasteiger partial charge on any atom is 0.335 e. The van der Waals surface area contributed by atoms with Crippen LogP contribution < -0.4 is 4.74 Å². The number of ether oxygens (including phenoxy) is 2. The summed E-state index contributed by atoms with van der Waals surface area (Å²) in [7, 11) is 0. The molecule has 1 atom stereocenters. The quantitative estimate of drug-likeness (QED) is 0.685. The van der Waals surface area contributed by atoms with Crippen molar-refractivity contribution in [1.29, 1.82) is 0 Å². The molecule has 0 fully saturated rings. The normalized spacial score (nSPS) is 11.9. The third-order valence-electron chi connectivity index (χ3n) is 2.43. The molecule has 0 aliphatic heterocycles. The van der Waals surface area contributed by atoms with Crippen LogP contribution in [0.2, 0.25) is 0 Å². The average molecular weight is 268 g/mol. The Morgan fingerprint density at radius 2 is 1.95 bits per heavy atom. The zero-order valence-corrected chi connectivity index (χ0v) is 11.0. The Balaban J connectivity index is 2.45. The molecular weight excluding hydrogens is 248 g/mol. The SMILES string of the molecule is CCCOC(=O)[C@@H](O)Cc1ccc(OCCO)cc1. The summed E-state index contributed by atoms with van der Waals surface area (Å²) < 4.78 is 10.1. The largest absolute Gasteiger partial charge is 0.491 e. The first-order valence-corrected chi connectivity index (χ1v) is 6.34. The summed E-state index contributed by atoms with van der Waals surface area (Å²) >= 11 is 0. The van der Waals surface area contributed by atoms with E-state index in [1.54, 1.807) is 24.3 Å². The Hall–Kier alpha value is -1.59. The van der Waals surface area contributed by atoms with Gasteiger partial charge in [-0.05, 0) is 24.1 Å². The zero-order valence-electron chi connectivity index (χ0n) is 11.0. The van der Waals surface area contributed by atoms with Gasteiger partial charge in [0.25, 0.3) is 0 Å². The van der Waals surface area contributed by atoms with Gasteiger partial charge in [0, 0.05) is 6.42 Å². The Bertz CT molecular complexity index is 374. The fourth-order valence-corrected chi connectivity index (χ4v) is 1.49. The Morgan fingerprint density at radius 3 is 2.53 bits per heavy atom. The van der Waals surface area contributed by atoms with Crippen molar-refractivity contribution in [3.05, 3.63) is 29.8 Å². The van der Waals surface area contributed by atoms with E-state index < -0.39 is 12.1 Å². The molecule has 0 spiro atoms. The van der Waals surface area contributed by atoms with Crippen LogP contribution in [0.4, 0.5) is 0 Å². The number of aliphatic hydroxyl groups excluding tert-OH is 2. The van der Waals surface area contributed by atoms with Gasteiger partial charge in [-0.15, -0.1) is 0 Å². The van der Waals surface area contributed by atoms with Gasteiger partial charge >= 0.3 is 5.97 Å². The lowest BCUT2D eigenvalue weighted by molar-refractivity contribution is -0.153. The van der Waals surface area contributed by atoms with Gasteiger partial charge in [0.1, 0.15) is 12.4 Å². The molecule has 1 rings (SSSR count). The van der Waals surface area contributed by atoms with Crippen LogP contribution in [0.1, 0.15) is 18.9 Å². The number of esters is 1. The first kappa shape index (κ1) is 15.5. The molecule has 19 heavy (non-hydrogen) atoms. The summed E-state index contributed by atoms with van der Waals surface area (Å²) in [6.45, 7) is 2.42. The highest BCUT2D eigenvalue weighted by molar-refractivity contribution is 5.74. The Kier molecular flexibility index (Phi) is 6.92. The van der Waals surface area contributed by atoms with Crippen molar-refractivity contribution >= 4 is 5.97 Å². The summed E-state index contributed by atoms with van der Waals surface area (Å²) in [6.07, 6.45) is -0.200. The number of benzene rings is 1. The predicted octanol–water partition coefficient (Wildman–Crippen LogP) is 0.914. The lowest BCUT2D eigenvalue weighted by Gasteiger charge is -2.11. The molecule has 0 saturated heterocycles. The highest BCUT2D eigenvalue weighted by Gasteiger charge is 2.16. The van der Waals surface area contributed by atoms with E-state index in [4.69, 9.17) is 14.6 Å². The van der Waals surface area contributed by atoms with E-state index in [0.717, 1.165) is 12.0 Å². The van der Waals surface area contributed by atoms with E-state index >= 15 is 0 Å². The molecule has 0 aromatic heterocycles. The second-order valence-corrected chi connectivity index (χ2v) is 4.10. The molecule has 1 aromatic rings. The molecule has 2 N–H and O–H groups in total. The van der Waals surface area contributed by atoms with Gasteiger partial charge in [-0.1, -0.05) is 19.1 Å². The van der Waals surface area contributed by atoms with Crippen LogP contribution in [0.15, 0.2) is 24.3 Å². The molecular formula is C14H20O5. The molecule has 1 aromatic carbocycles. The van der Waals surface area contributed by atoms with E-state index in [1.165, 1.54) is 0 Å². The Morgan fingerprint density at radius 1 is 1.26 bits per heavy atom. The van der Waals surface area contributed by atoms with Crippen LogP contribution in [-0.2, 0) is 16.0 Å². The number of hydrogen-bond donors (Lipinski definition) is 2. The van der Waals surface area contributed by atoms with Crippen LogP contribution in [0.3, 0.4) is 0 Å². The van der Waals surface area contributed by atoms with Crippen molar-refractivity contribution in [1.82, 2.24) is 0 Å². The molecule has 0 saturated carbocycles. The number of hydrogen-bond acceptors (Lipinski definition) is 5. The fourth-order valence-electron chi connectivity index (χ4n) is 1.49. The van der Waals surface area contributed by atoms with Crippen LogP contribution in [0, 0.1) is 0 Å². The van der Waals surface area contributed by atoms with Crippen molar-refractivity contribution in [2.24, 2.45) is 0 Å². The number of aliphatic hydroxyl groups is 2. The number of rotatable bonds is 8. The van der Waals surface area contributed by atoms with Crippen molar-refractivity contribution in [2.45, 2.75) is 25.9 Å². The highest BCUT2D eigenvalue weighted by atomic mass is 16.5. The molecule has 5 heteroatoms. The third-order valence-corrected chi connectivity index (χ3v) is 2.43. The second-order valence-electron chi connectivity index (χ2n) is 4.10. The maximum absolute atomic E-state index is 11.4. The lowest BCUT2D eigenvalue weighted by atomic mass is 10.1. The molecule has 0 amide bonds. The zero-order chi connectivity index (χ0) is 14.1. The number of carbonyl (C=O) groups is 1. The molecule has 0 heterocycles. The monoisotopic (exact) mass is 268 g/mol. The van der Waals surface area contributed by atoms with Gasteiger partial charge in [0.05, 0.1) is 13.2 Å². The number of carbonyl (C=O) groups excluding carboxylic acids is 1. The van der Waals surface area contributed by atoms with Crippen LogP contribution in [0.5, 0.6) is 5.75 Å². The van der Waals surface area contributed by atoms with Crippen LogP contribution >= 0.6 is 0 Å². The molecule has 0 aliphatic carbocycles. The minimum absolute atomic E-state index is 0.0380. The molecule has 0 aliphatic rings. The summed E-state index contributed by atoms with van der Waals surface area (Å²) in [5.41, 5.74) is 0.817. The van der Waals surface area contributed by atoms with Gasteiger partial charge in [-0.25, -0.2) is 4.79 Å². The molecule has 0 unspecified atom stereocenters. The molecule has 0 bridgehead atoms. The minimum Gasteiger partial charge on any atom is -0.491 e. The van der Waals surface area contributed by atoms with E-state index in [0.29, 0.717) is 12.4 Å². The summed E-state index contributed by atoms with van der Waals surface area (Å²) in [4.78, 5) is 11.4. The lowest BCUT2D eigenvalue weighted by Crippen LogP contribution is -2.25. The smallest absolute Gasteiger partial charge is 0.335 e. The molecule has 0 radical (unpaired) electrons. The molecule has 5 nitrogen and oxygen atoms in total. The molecule has 106 valence electrons. The van der Waals surface area contributed by atoms with E-state index in [2.05, 4.69) is 0 Å². The van der Waals surface area contributed by atoms with Crippen molar-refractivity contribution in [2.75, 3.05) is 19.8 Å². The van der Waals surface area contributed by atoms with Gasteiger partial charge in [0.15, 0.2) is 6.10 Å². The Labute approximate surface area is 112 Å². The second kappa shape index (κ2) is 8.50. The first-order chi connectivity index (χ1) is 9.17. The van der Waals surface area contributed by atoms with E-state index in [1.807, 2.05) is 6.92 Å². The minimum atomic E-state index is -1.14. The first-order valence-electron chi connectivity index (χ1n) is 6.34. The summed E-state index contributed by atoms with van der Waals surface area (Å²) in [5, 5.41) is 18.3. The van der Waals surface area contributed by atoms with Gasteiger partial charge < -0.3 is 19.7 Å². The fraction of sp³-hybridized carbons (Fsp3) is 0.500. The summed E-state index contributed by atoms with van der Waals surface area (Å²) in [6, 6.07) is 7.00. The van der Waals surface area contributed by atoms with Gasteiger partial charge in [-0.3, -0.25) is 0 Å². The third kappa shape index (κ3) is 5.72. The predicted molar refractivity (Wildman–Crippen MR) is 70.0 cm³/mol. The highest BCUT2D eigenvalue weighted by Crippen LogP contribution is 2.13. The van der Waals surface area contributed by atoms with Crippen molar-refractivity contribution < 1.29 is 24.5 Å². The standard InChI is InChI=1S/C14H20O5/c1-2-8-19-14(17)13(16)10-11-3-5-12(6-4-11)18-9-7-15/h3-6,13,15-16H,2,7-10H2,1H3/t13-/m0/s1. The van der Waals surface area contributed by atoms with Gasteiger partial charge in [0.2, 0.25) is 0 Å². The maximum atomic E-state index is 11.4.